The molecule has 0 spiro atoms. The van der Waals surface area contributed by atoms with Gasteiger partial charge in [-0.25, -0.2) is 19.2 Å². The molecule has 3 heterocycles. The van der Waals surface area contributed by atoms with Gasteiger partial charge in [0, 0.05) is 58.9 Å². The first-order valence-corrected chi connectivity index (χ1v) is 12.8. The van der Waals surface area contributed by atoms with E-state index in [-0.39, 0.29) is 34.9 Å². The predicted molar refractivity (Wildman–Crippen MR) is 150 cm³/mol. The van der Waals surface area contributed by atoms with E-state index in [1.54, 1.807) is 35.9 Å². The summed E-state index contributed by atoms with van der Waals surface area (Å²) in [7, 11) is 8.73. The number of likely N-dealkylation sites (N-methyl/N-ethyl adjacent to an activating group) is 1. The molecule has 2 aromatic carbocycles. The van der Waals surface area contributed by atoms with Crippen LogP contribution in [0.25, 0.3) is 22.3 Å². The number of hydrogen-bond acceptors (Lipinski definition) is 7. The molecule has 1 atom stereocenters. The van der Waals surface area contributed by atoms with Crippen LogP contribution in [0.2, 0.25) is 0 Å². The summed E-state index contributed by atoms with van der Waals surface area (Å²) in [5.41, 5.74) is 2.39. The van der Waals surface area contributed by atoms with Gasteiger partial charge in [0.25, 0.3) is 5.91 Å². The van der Waals surface area contributed by atoms with Crippen LogP contribution in [0.15, 0.2) is 48.8 Å². The molecule has 0 unspecified atom stereocenters. The molecule has 1 aliphatic heterocycles. The van der Waals surface area contributed by atoms with E-state index < -0.39 is 11.7 Å². The van der Waals surface area contributed by atoms with Crippen LogP contribution in [-0.4, -0.2) is 88.9 Å². The number of rotatable bonds is 6. The average molecular weight is 547 g/mol. The number of benzene rings is 2. The minimum atomic E-state index is -0.554. The van der Waals surface area contributed by atoms with E-state index in [0.717, 1.165) is 23.0 Å². The number of urea groups is 1. The van der Waals surface area contributed by atoms with Crippen molar-refractivity contribution in [1.29, 1.82) is 0 Å². The standard InChI is InChI=1S/C28H31FN8O3/c1-34(2)28(39)37-14-12-17(16-37)35(3)25-18-15-31-36(4)22(18)10-9-20(25)33-27(38)21-11-13-30-26(32-21)24-19(29)7-6-8-23(24)40-5/h6-11,13,15,17H,12,14,16H2,1-5H3,(H,33,38)/t17-/m0/s1. The highest BCUT2D eigenvalue weighted by Gasteiger charge is 2.32. The maximum Gasteiger partial charge on any atom is 0.319 e. The van der Waals surface area contributed by atoms with Crippen molar-refractivity contribution in [2.24, 2.45) is 7.05 Å². The Hall–Kier alpha value is -4.74. The predicted octanol–water partition coefficient (Wildman–Crippen LogP) is 3.62. The van der Waals surface area contributed by atoms with E-state index in [0.29, 0.717) is 18.8 Å². The van der Waals surface area contributed by atoms with Gasteiger partial charge in [-0.1, -0.05) is 6.07 Å². The van der Waals surface area contributed by atoms with Gasteiger partial charge in [-0.05, 0) is 36.8 Å². The van der Waals surface area contributed by atoms with E-state index >= 15 is 0 Å². The summed E-state index contributed by atoms with van der Waals surface area (Å²) >= 11 is 0. The summed E-state index contributed by atoms with van der Waals surface area (Å²) in [5, 5.41) is 8.26. The van der Waals surface area contributed by atoms with E-state index in [1.165, 1.54) is 31.5 Å². The number of aromatic nitrogens is 4. The van der Waals surface area contributed by atoms with Crippen LogP contribution >= 0.6 is 0 Å². The van der Waals surface area contributed by atoms with Crippen molar-refractivity contribution in [2.75, 3.05) is 51.6 Å². The number of likely N-dealkylation sites (tertiary alicyclic amines) is 1. The molecule has 12 heteroatoms. The Morgan fingerprint density at radius 1 is 1.15 bits per heavy atom. The van der Waals surface area contributed by atoms with Crippen molar-refractivity contribution in [3.05, 3.63) is 60.3 Å². The Labute approximate surface area is 231 Å². The third kappa shape index (κ3) is 4.88. The van der Waals surface area contributed by atoms with Crippen molar-refractivity contribution in [3.63, 3.8) is 0 Å². The normalized spacial score (nSPS) is 14.8. The molecule has 0 radical (unpaired) electrons. The number of anilines is 2. The zero-order chi connectivity index (χ0) is 28.6. The van der Waals surface area contributed by atoms with Gasteiger partial charge < -0.3 is 24.8 Å². The fraction of sp³-hybridized carbons (Fsp3) is 0.321. The molecule has 1 aliphatic rings. The monoisotopic (exact) mass is 546 g/mol. The summed E-state index contributed by atoms with van der Waals surface area (Å²) in [6.45, 7) is 1.19. The Bertz CT molecular complexity index is 1590. The number of aryl methyl sites for hydroxylation is 1. The van der Waals surface area contributed by atoms with Gasteiger partial charge in [0.15, 0.2) is 5.82 Å². The van der Waals surface area contributed by atoms with Crippen LogP contribution in [0.1, 0.15) is 16.9 Å². The number of nitrogens with one attached hydrogen (secondary N) is 1. The molecule has 0 saturated carbocycles. The lowest BCUT2D eigenvalue weighted by atomic mass is 10.1. The minimum Gasteiger partial charge on any atom is -0.496 e. The lowest BCUT2D eigenvalue weighted by Crippen LogP contribution is -2.41. The summed E-state index contributed by atoms with van der Waals surface area (Å²) in [6, 6.07) is 9.61. The first kappa shape index (κ1) is 26.9. The first-order chi connectivity index (χ1) is 19.2. The summed E-state index contributed by atoms with van der Waals surface area (Å²) in [6.07, 6.45) is 3.96. The third-order valence-electron chi connectivity index (χ3n) is 7.17. The second-order valence-corrected chi connectivity index (χ2v) is 9.88. The number of carbonyl (C=O) groups is 2. The molecule has 1 fully saturated rings. The van der Waals surface area contributed by atoms with Crippen LogP contribution in [-0.2, 0) is 7.05 Å². The van der Waals surface area contributed by atoms with Crippen molar-refractivity contribution < 1.29 is 18.7 Å². The van der Waals surface area contributed by atoms with Gasteiger partial charge >= 0.3 is 6.03 Å². The molecule has 2 aromatic heterocycles. The van der Waals surface area contributed by atoms with Gasteiger partial charge in [-0.2, -0.15) is 5.10 Å². The molecule has 208 valence electrons. The highest BCUT2D eigenvalue weighted by molar-refractivity contribution is 6.09. The number of carbonyl (C=O) groups excluding carboxylic acids is 2. The van der Waals surface area contributed by atoms with Crippen LogP contribution in [0, 0.1) is 5.82 Å². The van der Waals surface area contributed by atoms with Gasteiger partial charge in [-0.3, -0.25) is 9.48 Å². The number of nitrogens with zero attached hydrogens (tertiary/aromatic N) is 7. The number of fused-ring (bicyclic) bond motifs is 1. The second kappa shape index (κ2) is 10.8. The highest BCUT2D eigenvalue weighted by atomic mass is 19.1. The van der Waals surface area contributed by atoms with Gasteiger partial charge in [-0.15, -0.1) is 0 Å². The van der Waals surface area contributed by atoms with E-state index in [2.05, 4.69) is 25.3 Å². The Kier molecular flexibility index (Phi) is 7.24. The Morgan fingerprint density at radius 2 is 1.95 bits per heavy atom. The van der Waals surface area contributed by atoms with Crippen molar-refractivity contribution in [1.82, 2.24) is 29.5 Å². The fourth-order valence-electron chi connectivity index (χ4n) is 5.07. The lowest BCUT2D eigenvalue weighted by molar-refractivity contribution is 0.102. The first-order valence-electron chi connectivity index (χ1n) is 12.8. The molecule has 1 N–H and O–H groups in total. The smallest absolute Gasteiger partial charge is 0.319 e. The molecule has 0 bridgehead atoms. The van der Waals surface area contributed by atoms with E-state index in [1.807, 2.05) is 31.1 Å². The fourth-order valence-corrected chi connectivity index (χ4v) is 5.07. The van der Waals surface area contributed by atoms with E-state index in [4.69, 9.17) is 4.74 Å². The summed E-state index contributed by atoms with van der Waals surface area (Å²) < 4.78 is 21.7. The molecule has 5 rings (SSSR count). The summed E-state index contributed by atoms with van der Waals surface area (Å²) in [5.74, 6) is -0.727. The maximum absolute atomic E-state index is 14.7. The Morgan fingerprint density at radius 3 is 2.70 bits per heavy atom. The Balaban J connectivity index is 1.47. The topological polar surface area (TPSA) is 109 Å². The quantitative estimate of drug-likeness (QED) is 0.394. The van der Waals surface area contributed by atoms with Gasteiger partial charge in [0.05, 0.1) is 35.8 Å². The number of amides is 3. The molecule has 0 aliphatic carbocycles. The molecule has 1 saturated heterocycles. The summed E-state index contributed by atoms with van der Waals surface area (Å²) in [4.78, 5) is 40.0. The molecule has 3 amide bonds. The average Bonchev–Trinajstić information content (AvgIpc) is 3.59. The molecule has 40 heavy (non-hydrogen) atoms. The van der Waals surface area contributed by atoms with Crippen molar-refractivity contribution in [3.8, 4) is 17.1 Å². The largest absolute Gasteiger partial charge is 0.496 e. The van der Waals surface area contributed by atoms with Crippen LogP contribution in [0.4, 0.5) is 20.6 Å². The molecule has 4 aromatic rings. The maximum atomic E-state index is 14.7. The van der Waals surface area contributed by atoms with Gasteiger partial charge in [0.2, 0.25) is 0 Å². The van der Waals surface area contributed by atoms with E-state index in [9.17, 15) is 14.0 Å². The molecular weight excluding hydrogens is 515 g/mol. The van der Waals surface area contributed by atoms with Crippen LogP contribution < -0.4 is 15.0 Å². The molecule has 11 nitrogen and oxygen atoms in total. The van der Waals surface area contributed by atoms with Crippen molar-refractivity contribution >= 4 is 34.2 Å². The van der Waals surface area contributed by atoms with Crippen LogP contribution in [0.3, 0.4) is 0 Å². The highest BCUT2D eigenvalue weighted by Crippen LogP contribution is 2.37. The minimum absolute atomic E-state index is 0.0320. The number of hydrogen-bond donors (Lipinski definition) is 1. The number of ether oxygens (including phenoxy) is 1. The zero-order valence-corrected chi connectivity index (χ0v) is 23.1. The second-order valence-electron chi connectivity index (χ2n) is 9.88. The zero-order valence-electron chi connectivity index (χ0n) is 23.1. The van der Waals surface area contributed by atoms with Crippen molar-refractivity contribution in [2.45, 2.75) is 12.5 Å². The number of halogens is 1. The third-order valence-corrected chi connectivity index (χ3v) is 7.17. The lowest BCUT2D eigenvalue weighted by Gasteiger charge is -2.30. The number of methoxy groups -OCH3 is 1. The van der Waals surface area contributed by atoms with Gasteiger partial charge in [0.1, 0.15) is 17.3 Å². The van der Waals surface area contributed by atoms with Crippen LogP contribution in [0.5, 0.6) is 5.75 Å². The SMILES string of the molecule is COc1cccc(F)c1-c1nccc(C(=O)Nc2ccc3c(cnn3C)c2N(C)[C@H]2CCN(C(=O)N(C)C)C2)n1. The molecular formula is C28H31FN8O3.